The Morgan fingerprint density at radius 3 is 1.94 bits per heavy atom. The molecule has 0 fully saturated rings. The van der Waals surface area contributed by atoms with E-state index in [-0.39, 0.29) is 12.2 Å². The number of hydrogen-bond acceptors (Lipinski definition) is 8. The van der Waals surface area contributed by atoms with Gasteiger partial charge in [0.2, 0.25) is 17.7 Å². The van der Waals surface area contributed by atoms with Gasteiger partial charge in [-0.2, -0.15) is 0 Å². The normalized spacial score (nSPS) is 15.1. The van der Waals surface area contributed by atoms with E-state index in [2.05, 4.69) is 16.0 Å². The van der Waals surface area contributed by atoms with E-state index < -0.39 is 72.8 Å². The van der Waals surface area contributed by atoms with Gasteiger partial charge >= 0.3 is 11.9 Å². The Labute approximate surface area is 201 Å². The highest BCUT2D eigenvalue weighted by Crippen LogP contribution is 2.12. The minimum atomic E-state index is -1.53. The molecule has 5 atom stereocenters. The predicted octanol–water partition coefficient (Wildman–Crippen LogP) is -1.69. The Kier molecular flexibility index (Phi) is 11.6. The first-order valence-corrected chi connectivity index (χ1v) is 10.9. The number of phenolic OH excluding ortho intramolecular Hbond substituents is 1. The van der Waals surface area contributed by atoms with Crippen molar-refractivity contribution in [3.8, 4) is 5.75 Å². The number of carbonyl (C=O) groups excluding carboxylic acids is 3. The van der Waals surface area contributed by atoms with Gasteiger partial charge in [0, 0.05) is 6.42 Å². The van der Waals surface area contributed by atoms with Crippen LogP contribution in [0.25, 0.3) is 0 Å². The summed E-state index contributed by atoms with van der Waals surface area (Å²) < 4.78 is 0. The van der Waals surface area contributed by atoms with Gasteiger partial charge in [-0.3, -0.25) is 19.2 Å². The van der Waals surface area contributed by atoms with Crippen molar-refractivity contribution < 1.29 is 44.4 Å². The summed E-state index contributed by atoms with van der Waals surface area (Å²) in [7, 11) is 0. The van der Waals surface area contributed by atoms with Crippen molar-refractivity contribution in [3.05, 3.63) is 29.8 Å². The van der Waals surface area contributed by atoms with Gasteiger partial charge in [0.1, 0.15) is 23.9 Å². The number of carboxylic acids is 2. The molecule has 5 unspecified atom stereocenters. The van der Waals surface area contributed by atoms with Crippen molar-refractivity contribution >= 4 is 29.7 Å². The maximum atomic E-state index is 12.9. The lowest BCUT2D eigenvalue weighted by molar-refractivity contribution is -0.144. The highest BCUT2D eigenvalue weighted by atomic mass is 16.4. The molecule has 9 N–H and O–H groups in total. The fourth-order valence-electron chi connectivity index (χ4n) is 3.04. The number of rotatable bonds is 14. The van der Waals surface area contributed by atoms with E-state index in [0.29, 0.717) is 12.0 Å². The van der Waals surface area contributed by atoms with Gasteiger partial charge in [-0.1, -0.05) is 32.4 Å². The van der Waals surface area contributed by atoms with Gasteiger partial charge in [0.15, 0.2) is 0 Å². The molecule has 13 heteroatoms. The summed E-state index contributed by atoms with van der Waals surface area (Å²) in [5.41, 5.74) is 6.07. The van der Waals surface area contributed by atoms with E-state index in [4.69, 9.17) is 10.8 Å². The predicted molar refractivity (Wildman–Crippen MR) is 122 cm³/mol. The number of nitrogens with two attached hydrogens (primary N) is 1. The van der Waals surface area contributed by atoms with Crippen molar-refractivity contribution in [2.45, 2.75) is 57.3 Å². The Bertz CT molecular complexity index is 907. The summed E-state index contributed by atoms with van der Waals surface area (Å²) in [6, 6.07) is 0.114. The van der Waals surface area contributed by atoms with Crippen molar-refractivity contribution in [2.24, 2.45) is 11.7 Å². The van der Waals surface area contributed by atoms with E-state index in [9.17, 15) is 39.3 Å². The van der Waals surface area contributed by atoms with Crippen LogP contribution in [-0.4, -0.2) is 80.9 Å². The number of aliphatic carboxylic acids is 2. The number of benzene rings is 1. The summed E-state index contributed by atoms with van der Waals surface area (Å²) in [5.74, 6) is -5.83. The largest absolute Gasteiger partial charge is 0.508 e. The van der Waals surface area contributed by atoms with Crippen LogP contribution in [0.1, 0.15) is 32.3 Å². The number of carbonyl (C=O) groups is 5. The molecule has 13 nitrogen and oxygen atoms in total. The van der Waals surface area contributed by atoms with Gasteiger partial charge in [0.05, 0.1) is 19.1 Å². The van der Waals surface area contributed by atoms with Crippen molar-refractivity contribution in [2.75, 3.05) is 6.61 Å². The quantitative estimate of drug-likeness (QED) is 0.146. The fourth-order valence-corrected chi connectivity index (χ4v) is 3.04. The van der Waals surface area contributed by atoms with Gasteiger partial charge in [0.25, 0.3) is 0 Å². The molecule has 0 heterocycles. The molecule has 0 aliphatic heterocycles. The highest BCUT2D eigenvalue weighted by molar-refractivity contribution is 5.95. The molecule has 0 spiro atoms. The standard InChI is InChI=1S/C22H32N4O9/c1-3-11(2)18(22(34)35)26-21(33)16(10-27)25-20(32)15(8-12-4-6-13(28)7-5-12)24-19(31)14(23)9-17(29)30/h4-7,11,14-16,18,27-28H,3,8-10,23H2,1-2H3,(H,24,31)(H,25,32)(H,26,33)(H,29,30)(H,34,35). The van der Waals surface area contributed by atoms with Gasteiger partial charge in [-0.05, 0) is 23.6 Å². The lowest BCUT2D eigenvalue weighted by atomic mass is 9.99. The minimum Gasteiger partial charge on any atom is -0.508 e. The molecule has 35 heavy (non-hydrogen) atoms. The van der Waals surface area contributed by atoms with Crippen LogP contribution in [0.15, 0.2) is 24.3 Å². The molecule has 0 aromatic heterocycles. The number of hydrogen-bond donors (Lipinski definition) is 8. The summed E-state index contributed by atoms with van der Waals surface area (Å²) in [6.07, 6.45) is -0.361. The molecule has 0 aliphatic rings. The second-order valence-electron chi connectivity index (χ2n) is 8.09. The summed E-state index contributed by atoms with van der Waals surface area (Å²) in [4.78, 5) is 60.2. The Morgan fingerprint density at radius 2 is 1.46 bits per heavy atom. The average Bonchev–Trinajstić information content (AvgIpc) is 2.80. The van der Waals surface area contributed by atoms with Crippen LogP contribution in [0.3, 0.4) is 0 Å². The molecule has 1 aromatic carbocycles. The van der Waals surface area contributed by atoms with Gasteiger partial charge in [-0.15, -0.1) is 0 Å². The van der Waals surface area contributed by atoms with E-state index in [1.807, 2.05) is 0 Å². The van der Waals surface area contributed by atoms with Crippen LogP contribution >= 0.6 is 0 Å². The van der Waals surface area contributed by atoms with Crippen molar-refractivity contribution in [1.29, 1.82) is 0 Å². The highest BCUT2D eigenvalue weighted by Gasteiger charge is 2.32. The van der Waals surface area contributed by atoms with E-state index in [0.717, 1.165) is 0 Å². The Balaban J connectivity index is 3.05. The van der Waals surface area contributed by atoms with E-state index >= 15 is 0 Å². The summed E-state index contributed by atoms with van der Waals surface area (Å²) in [5, 5.41) is 44.2. The van der Waals surface area contributed by atoms with Gasteiger partial charge in [-0.25, -0.2) is 4.79 Å². The molecule has 0 bridgehead atoms. The zero-order chi connectivity index (χ0) is 26.7. The van der Waals surface area contributed by atoms with Crippen LogP contribution < -0.4 is 21.7 Å². The van der Waals surface area contributed by atoms with E-state index in [1.54, 1.807) is 13.8 Å². The number of nitrogens with one attached hydrogen (secondary N) is 3. The van der Waals surface area contributed by atoms with Gasteiger partial charge < -0.3 is 42.1 Å². The zero-order valence-electron chi connectivity index (χ0n) is 19.4. The molecule has 1 rings (SSSR count). The monoisotopic (exact) mass is 496 g/mol. The maximum Gasteiger partial charge on any atom is 0.326 e. The molecule has 1 aromatic rings. The summed E-state index contributed by atoms with van der Waals surface area (Å²) in [6.45, 7) is 2.50. The fraction of sp³-hybridized carbons (Fsp3) is 0.500. The first-order chi connectivity index (χ1) is 16.4. The van der Waals surface area contributed by atoms with Crippen molar-refractivity contribution in [1.82, 2.24) is 16.0 Å². The van der Waals surface area contributed by atoms with Crippen LogP contribution in [0.4, 0.5) is 0 Å². The number of carboxylic acid groups (broad SMARTS) is 2. The molecule has 0 aliphatic carbocycles. The topological polar surface area (TPSA) is 228 Å². The maximum absolute atomic E-state index is 12.9. The minimum absolute atomic E-state index is 0.0337. The van der Waals surface area contributed by atoms with Crippen LogP contribution in [-0.2, 0) is 30.4 Å². The lowest BCUT2D eigenvalue weighted by Gasteiger charge is -2.25. The summed E-state index contributed by atoms with van der Waals surface area (Å²) >= 11 is 0. The second-order valence-corrected chi connectivity index (χ2v) is 8.09. The number of phenols is 1. The number of aliphatic hydroxyl groups is 1. The SMILES string of the molecule is CCC(C)C(NC(=O)C(CO)NC(=O)C(Cc1ccc(O)cc1)NC(=O)C(N)CC(=O)O)C(=O)O. The molecule has 0 saturated carbocycles. The second kappa shape index (κ2) is 13.9. The third kappa shape index (κ3) is 9.59. The first kappa shape index (κ1) is 29.3. The molecule has 194 valence electrons. The van der Waals surface area contributed by atoms with E-state index in [1.165, 1.54) is 24.3 Å². The third-order valence-electron chi connectivity index (χ3n) is 5.33. The average molecular weight is 497 g/mol. The molecule has 0 radical (unpaired) electrons. The van der Waals surface area contributed by atoms with Crippen LogP contribution in [0, 0.1) is 5.92 Å². The number of amides is 3. The molecule has 0 saturated heterocycles. The van der Waals surface area contributed by atoms with Crippen LogP contribution in [0.2, 0.25) is 0 Å². The molecular weight excluding hydrogens is 464 g/mol. The smallest absolute Gasteiger partial charge is 0.326 e. The molecule has 3 amide bonds. The number of aliphatic hydroxyl groups excluding tert-OH is 1. The number of aromatic hydroxyl groups is 1. The third-order valence-corrected chi connectivity index (χ3v) is 5.33. The zero-order valence-corrected chi connectivity index (χ0v) is 19.4. The first-order valence-electron chi connectivity index (χ1n) is 10.9. The molecular formula is C22H32N4O9. The van der Waals surface area contributed by atoms with Crippen molar-refractivity contribution in [3.63, 3.8) is 0 Å². The van der Waals surface area contributed by atoms with Crippen LogP contribution in [0.5, 0.6) is 5.75 Å². The lowest BCUT2D eigenvalue weighted by Crippen LogP contribution is -2.59. The Hall–Kier alpha value is -3.71. The Morgan fingerprint density at radius 1 is 0.914 bits per heavy atom.